The standard InChI is InChI=1S/C13H10N2O2/c1-9-14-10-5-2-3-6-11(10)15(9)13(16)12-7-4-8-17-12/h2-8H,1H3. The van der Waals surface area contributed by atoms with Crippen LogP contribution in [0.4, 0.5) is 0 Å². The summed E-state index contributed by atoms with van der Waals surface area (Å²) in [5.41, 5.74) is 1.61. The number of nitrogens with zero attached hydrogens (tertiary/aromatic N) is 2. The number of imidazole rings is 1. The van der Waals surface area contributed by atoms with E-state index in [2.05, 4.69) is 4.98 Å². The van der Waals surface area contributed by atoms with Gasteiger partial charge in [0.05, 0.1) is 17.3 Å². The van der Waals surface area contributed by atoms with Gasteiger partial charge in [-0.2, -0.15) is 0 Å². The molecule has 0 spiro atoms. The van der Waals surface area contributed by atoms with Crippen molar-refractivity contribution in [3.05, 3.63) is 54.2 Å². The molecule has 0 unspecified atom stereocenters. The maximum Gasteiger partial charge on any atom is 0.299 e. The predicted molar refractivity (Wildman–Crippen MR) is 62.9 cm³/mol. The number of fused-ring (bicyclic) bond motifs is 1. The minimum Gasteiger partial charge on any atom is -0.459 e. The van der Waals surface area contributed by atoms with E-state index in [1.165, 1.54) is 6.26 Å². The first-order chi connectivity index (χ1) is 8.27. The molecular formula is C13H10N2O2. The van der Waals surface area contributed by atoms with Gasteiger partial charge in [-0.25, -0.2) is 4.98 Å². The quantitative estimate of drug-likeness (QED) is 0.640. The van der Waals surface area contributed by atoms with Crippen LogP contribution in [0.25, 0.3) is 11.0 Å². The number of para-hydroxylation sites is 2. The third kappa shape index (κ3) is 1.45. The monoisotopic (exact) mass is 226 g/mol. The Balaban J connectivity index is 2.24. The first kappa shape index (κ1) is 9.84. The lowest BCUT2D eigenvalue weighted by Gasteiger charge is -2.02. The number of hydrogen-bond acceptors (Lipinski definition) is 3. The Morgan fingerprint density at radius 3 is 2.82 bits per heavy atom. The van der Waals surface area contributed by atoms with Crippen LogP contribution in [-0.4, -0.2) is 15.5 Å². The summed E-state index contributed by atoms with van der Waals surface area (Å²) in [4.78, 5) is 16.6. The molecule has 2 aromatic heterocycles. The van der Waals surface area contributed by atoms with E-state index in [0.29, 0.717) is 11.6 Å². The Hall–Kier alpha value is -2.36. The number of aryl methyl sites for hydroxylation is 1. The zero-order valence-electron chi connectivity index (χ0n) is 9.25. The van der Waals surface area contributed by atoms with Crippen LogP contribution in [0.2, 0.25) is 0 Å². The normalized spacial score (nSPS) is 10.9. The fourth-order valence-corrected chi connectivity index (χ4v) is 1.91. The molecule has 0 atom stereocenters. The van der Waals surface area contributed by atoms with E-state index in [1.807, 2.05) is 24.3 Å². The minimum absolute atomic E-state index is 0.193. The molecule has 0 radical (unpaired) electrons. The number of furan rings is 1. The number of benzene rings is 1. The van der Waals surface area contributed by atoms with Crippen LogP contribution in [0.1, 0.15) is 16.4 Å². The molecule has 0 fully saturated rings. The molecule has 4 heteroatoms. The van der Waals surface area contributed by atoms with Crippen LogP contribution in [0.15, 0.2) is 47.1 Å². The summed E-state index contributed by atoms with van der Waals surface area (Å²) in [7, 11) is 0. The Kier molecular flexibility index (Phi) is 2.08. The highest BCUT2D eigenvalue weighted by molar-refractivity contribution is 5.99. The van der Waals surface area contributed by atoms with Gasteiger partial charge in [0.1, 0.15) is 5.82 Å². The summed E-state index contributed by atoms with van der Waals surface area (Å²) in [6.45, 7) is 1.81. The van der Waals surface area contributed by atoms with Crippen molar-refractivity contribution in [1.29, 1.82) is 0 Å². The average molecular weight is 226 g/mol. The van der Waals surface area contributed by atoms with Gasteiger partial charge in [0.2, 0.25) is 0 Å². The van der Waals surface area contributed by atoms with Crippen LogP contribution < -0.4 is 0 Å². The molecule has 0 N–H and O–H groups in total. The van der Waals surface area contributed by atoms with Crippen molar-refractivity contribution in [2.24, 2.45) is 0 Å². The highest BCUT2D eigenvalue weighted by Gasteiger charge is 2.17. The first-order valence-electron chi connectivity index (χ1n) is 5.29. The van der Waals surface area contributed by atoms with Gasteiger partial charge in [0.25, 0.3) is 5.91 Å². The lowest BCUT2D eigenvalue weighted by Crippen LogP contribution is -2.12. The van der Waals surface area contributed by atoms with Gasteiger partial charge in [-0.05, 0) is 31.2 Å². The van der Waals surface area contributed by atoms with E-state index >= 15 is 0 Å². The molecule has 0 aliphatic heterocycles. The molecule has 17 heavy (non-hydrogen) atoms. The van der Waals surface area contributed by atoms with E-state index in [9.17, 15) is 4.79 Å². The Labute approximate surface area is 97.5 Å². The summed E-state index contributed by atoms with van der Waals surface area (Å²) in [5, 5.41) is 0. The molecule has 3 rings (SSSR count). The molecule has 0 amide bonds. The van der Waals surface area contributed by atoms with Crippen molar-refractivity contribution in [1.82, 2.24) is 9.55 Å². The van der Waals surface area contributed by atoms with Crippen LogP contribution in [0, 0.1) is 6.92 Å². The van der Waals surface area contributed by atoms with Gasteiger partial charge < -0.3 is 4.42 Å². The fraction of sp³-hybridized carbons (Fsp3) is 0.0769. The number of carbonyl (C=O) groups excluding carboxylic acids is 1. The summed E-state index contributed by atoms with van der Waals surface area (Å²) in [6, 6.07) is 10.9. The van der Waals surface area contributed by atoms with Crippen LogP contribution in [0.3, 0.4) is 0 Å². The molecule has 4 nitrogen and oxygen atoms in total. The zero-order valence-corrected chi connectivity index (χ0v) is 9.25. The van der Waals surface area contributed by atoms with Gasteiger partial charge in [-0.3, -0.25) is 9.36 Å². The number of aromatic nitrogens is 2. The van der Waals surface area contributed by atoms with Gasteiger partial charge in [0.15, 0.2) is 5.76 Å². The van der Waals surface area contributed by atoms with Crippen molar-refractivity contribution in [3.8, 4) is 0 Å². The summed E-state index contributed by atoms with van der Waals surface area (Å²) in [5.74, 6) is 0.782. The zero-order chi connectivity index (χ0) is 11.8. The third-order valence-corrected chi connectivity index (χ3v) is 2.66. The topological polar surface area (TPSA) is 48.0 Å². The molecule has 0 aliphatic rings. The van der Waals surface area contributed by atoms with E-state index in [0.717, 1.165) is 11.0 Å². The second-order valence-electron chi connectivity index (χ2n) is 3.77. The molecule has 84 valence electrons. The van der Waals surface area contributed by atoms with Crippen LogP contribution in [0.5, 0.6) is 0 Å². The van der Waals surface area contributed by atoms with Crippen LogP contribution >= 0.6 is 0 Å². The maximum atomic E-state index is 12.2. The summed E-state index contributed by atoms with van der Waals surface area (Å²) < 4.78 is 6.69. The SMILES string of the molecule is Cc1nc2ccccc2n1C(=O)c1ccco1. The molecule has 0 bridgehead atoms. The molecule has 0 aliphatic carbocycles. The highest BCUT2D eigenvalue weighted by Crippen LogP contribution is 2.17. The highest BCUT2D eigenvalue weighted by atomic mass is 16.3. The Bertz CT molecular complexity index is 681. The number of carbonyl (C=O) groups is 1. The molecular weight excluding hydrogens is 216 g/mol. The predicted octanol–water partition coefficient (Wildman–Crippen LogP) is 2.63. The third-order valence-electron chi connectivity index (χ3n) is 2.66. The van der Waals surface area contributed by atoms with E-state index in [1.54, 1.807) is 23.6 Å². The average Bonchev–Trinajstić information content (AvgIpc) is 2.94. The Morgan fingerprint density at radius 2 is 2.06 bits per heavy atom. The van der Waals surface area contributed by atoms with Crippen molar-refractivity contribution in [2.45, 2.75) is 6.92 Å². The van der Waals surface area contributed by atoms with Gasteiger partial charge in [-0.1, -0.05) is 12.1 Å². The first-order valence-corrected chi connectivity index (χ1v) is 5.29. The lowest BCUT2D eigenvalue weighted by atomic mass is 10.3. The van der Waals surface area contributed by atoms with Crippen molar-refractivity contribution < 1.29 is 9.21 Å². The van der Waals surface area contributed by atoms with Gasteiger partial charge in [-0.15, -0.1) is 0 Å². The molecule has 3 aromatic rings. The second-order valence-corrected chi connectivity index (χ2v) is 3.77. The van der Waals surface area contributed by atoms with E-state index in [-0.39, 0.29) is 5.91 Å². The molecule has 0 saturated carbocycles. The van der Waals surface area contributed by atoms with Gasteiger partial charge >= 0.3 is 0 Å². The van der Waals surface area contributed by atoms with E-state index in [4.69, 9.17) is 4.42 Å². The van der Waals surface area contributed by atoms with Gasteiger partial charge in [0, 0.05) is 0 Å². The van der Waals surface area contributed by atoms with Crippen molar-refractivity contribution >= 4 is 16.9 Å². The summed E-state index contributed by atoms with van der Waals surface area (Å²) in [6.07, 6.45) is 1.49. The van der Waals surface area contributed by atoms with Crippen LogP contribution in [-0.2, 0) is 0 Å². The smallest absolute Gasteiger partial charge is 0.299 e. The lowest BCUT2D eigenvalue weighted by molar-refractivity contribution is 0.0935. The minimum atomic E-state index is -0.193. The summed E-state index contributed by atoms with van der Waals surface area (Å²) >= 11 is 0. The van der Waals surface area contributed by atoms with Crippen molar-refractivity contribution in [2.75, 3.05) is 0 Å². The molecule has 2 heterocycles. The fourth-order valence-electron chi connectivity index (χ4n) is 1.91. The van der Waals surface area contributed by atoms with E-state index < -0.39 is 0 Å². The number of rotatable bonds is 1. The number of hydrogen-bond donors (Lipinski definition) is 0. The largest absolute Gasteiger partial charge is 0.459 e. The van der Waals surface area contributed by atoms with Crippen molar-refractivity contribution in [3.63, 3.8) is 0 Å². The second kappa shape index (κ2) is 3.59. The Morgan fingerprint density at radius 1 is 1.24 bits per heavy atom. The molecule has 0 saturated heterocycles. The maximum absolute atomic E-state index is 12.2. The molecule has 1 aromatic carbocycles.